The summed E-state index contributed by atoms with van der Waals surface area (Å²) in [5.41, 5.74) is 7.95. The van der Waals surface area contributed by atoms with Gasteiger partial charge in [-0.05, 0) is 12.5 Å². The highest BCUT2D eigenvalue weighted by molar-refractivity contribution is 5.70. The van der Waals surface area contributed by atoms with E-state index in [1.807, 2.05) is 31.2 Å². The highest BCUT2D eigenvalue weighted by Crippen LogP contribution is 2.15. The lowest BCUT2D eigenvalue weighted by molar-refractivity contribution is -0.141. The van der Waals surface area contributed by atoms with Gasteiger partial charge in [-0.15, -0.1) is 0 Å². The molecule has 0 bridgehead atoms. The SMILES string of the molecule is COC(=O)C[C@@H](N)c1cccc(C)c1. The van der Waals surface area contributed by atoms with Crippen molar-refractivity contribution in [2.75, 3.05) is 7.11 Å². The maximum Gasteiger partial charge on any atom is 0.307 e. The molecule has 0 fully saturated rings. The van der Waals surface area contributed by atoms with E-state index in [-0.39, 0.29) is 18.4 Å². The van der Waals surface area contributed by atoms with Crippen LogP contribution in [0, 0.1) is 6.92 Å². The summed E-state index contributed by atoms with van der Waals surface area (Å²) in [6, 6.07) is 7.55. The molecule has 0 radical (unpaired) electrons. The van der Waals surface area contributed by atoms with Crippen molar-refractivity contribution in [3.63, 3.8) is 0 Å². The van der Waals surface area contributed by atoms with Crippen LogP contribution in [0.1, 0.15) is 23.6 Å². The number of carbonyl (C=O) groups is 1. The Hall–Kier alpha value is -1.35. The summed E-state index contributed by atoms with van der Waals surface area (Å²) >= 11 is 0. The predicted octanol–water partition coefficient (Wildman–Crippen LogP) is 1.56. The number of benzene rings is 1. The van der Waals surface area contributed by atoms with E-state index in [9.17, 15) is 4.79 Å². The van der Waals surface area contributed by atoms with Gasteiger partial charge >= 0.3 is 5.97 Å². The number of nitrogens with two attached hydrogens (primary N) is 1. The number of esters is 1. The van der Waals surface area contributed by atoms with Crippen molar-refractivity contribution in [1.82, 2.24) is 0 Å². The Balaban J connectivity index is 2.69. The molecule has 1 aromatic carbocycles. The molecule has 0 unspecified atom stereocenters. The molecule has 0 saturated heterocycles. The first-order valence-corrected chi connectivity index (χ1v) is 4.52. The van der Waals surface area contributed by atoms with Crippen LogP contribution in [-0.4, -0.2) is 13.1 Å². The molecule has 1 rings (SSSR count). The number of carbonyl (C=O) groups excluding carboxylic acids is 1. The van der Waals surface area contributed by atoms with E-state index >= 15 is 0 Å². The Labute approximate surface area is 83.9 Å². The lowest BCUT2D eigenvalue weighted by Crippen LogP contribution is -2.16. The third-order valence-corrected chi connectivity index (χ3v) is 2.08. The first-order valence-electron chi connectivity index (χ1n) is 4.52. The summed E-state index contributed by atoms with van der Waals surface area (Å²) in [5.74, 6) is -0.279. The summed E-state index contributed by atoms with van der Waals surface area (Å²) in [6.45, 7) is 1.99. The molecule has 0 saturated carbocycles. The van der Waals surface area contributed by atoms with Crippen molar-refractivity contribution in [2.24, 2.45) is 5.73 Å². The topological polar surface area (TPSA) is 52.3 Å². The van der Waals surface area contributed by atoms with Gasteiger partial charge in [-0.1, -0.05) is 29.8 Å². The summed E-state index contributed by atoms with van der Waals surface area (Å²) in [6.07, 6.45) is 0.222. The van der Waals surface area contributed by atoms with Gasteiger partial charge in [-0.2, -0.15) is 0 Å². The van der Waals surface area contributed by atoms with Gasteiger partial charge in [0.05, 0.1) is 13.5 Å². The van der Waals surface area contributed by atoms with Crippen molar-refractivity contribution >= 4 is 5.97 Å². The fourth-order valence-electron chi connectivity index (χ4n) is 1.28. The highest BCUT2D eigenvalue weighted by Gasteiger charge is 2.11. The van der Waals surface area contributed by atoms with E-state index in [4.69, 9.17) is 5.73 Å². The average molecular weight is 193 g/mol. The monoisotopic (exact) mass is 193 g/mol. The summed E-state index contributed by atoms with van der Waals surface area (Å²) in [7, 11) is 1.37. The molecule has 76 valence electrons. The largest absolute Gasteiger partial charge is 0.469 e. The van der Waals surface area contributed by atoms with Gasteiger partial charge in [0.1, 0.15) is 0 Å². The van der Waals surface area contributed by atoms with Gasteiger partial charge < -0.3 is 10.5 Å². The minimum Gasteiger partial charge on any atom is -0.469 e. The Morgan fingerprint density at radius 2 is 2.29 bits per heavy atom. The zero-order valence-electron chi connectivity index (χ0n) is 8.49. The molecule has 3 nitrogen and oxygen atoms in total. The first kappa shape index (κ1) is 10.7. The Morgan fingerprint density at radius 3 is 2.86 bits per heavy atom. The smallest absolute Gasteiger partial charge is 0.307 e. The molecule has 0 aliphatic carbocycles. The van der Waals surface area contributed by atoms with Crippen LogP contribution in [0.2, 0.25) is 0 Å². The molecule has 0 aromatic heterocycles. The van der Waals surface area contributed by atoms with Gasteiger partial charge in [0.15, 0.2) is 0 Å². The first-order chi connectivity index (χ1) is 6.63. The zero-order valence-corrected chi connectivity index (χ0v) is 8.49. The van der Waals surface area contributed by atoms with Gasteiger partial charge in [0, 0.05) is 6.04 Å². The van der Waals surface area contributed by atoms with E-state index in [0.29, 0.717) is 0 Å². The lowest BCUT2D eigenvalue weighted by Gasteiger charge is -2.10. The quantitative estimate of drug-likeness (QED) is 0.741. The number of methoxy groups -OCH3 is 1. The van der Waals surface area contributed by atoms with Gasteiger partial charge in [0.25, 0.3) is 0 Å². The van der Waals surface area contributed by atoms with Crippen molar-refractivity contribution in [3.8, 4) is 0 Å². The minimum absolute atomic E-state index is 0.222. The summed E-state index contributed by atoms with van der Waals surface area (Å²) in [5, 5.41) is 0. The van der Waals surface area contributed by atoms with Crippen LogP contribution in [-0.2, 0) is 9.53 Å². The Kier molecular flexibility index (Phi) is 3.65. The Bertz CT molecular complexity index is 323. The number of hydrogen-bond donors (Lipinski definition) is 1. The van der Waals surface area contributed by atoms with Crippen LogP contribution in [0.3, 0.4) is 0 Å². The van der Waals surface area contributed by atoms with Crippen LogP contribution >= 0.6 is 0 Å². The molecular formula is C11H15NO2. The van der Waals surface area contributed by atoms with E-state index in [2.05, 4.69) is 4.74 Å². The van der Waals surface area contributed by atoms with Crippen molar-refractivity contribution in [3.05, 3.63) is 35.4 Å². The van der Waals surface area contributed by atoms with E-state index in [1.165, 1.54) is 7.11 Å². The van der Waals surface area contributed by atoms with Crippen molar-refractivity contribution in [1.29, 1.82) is 0 Å². The van der Waals surface area contributed by atoms with E-state index in [0.717, 1.165) is 11.1 Å². The van der Waals surface area contributed by atoms with Gasteiger partial charge in [-0.3, -0.25) is 4.79 Å². The molecule has 0 spiro atoms. The standard InChI is InChI=1S/C11H15NO2/c1-8-4-3-5-9(6-8)10(12)7-11(13)14-2/h3-6,10H,7,12H2,1-2H3/t10-/m1/s1. The molecule has 0 heterocycles. The second kappa shape index (κ2) is 4.77. The molecule has 0 aliphatic heterocycles. The molecular weight excluding hydrogens is 178 g/mol. The fourth-order valence-corrected chi connectivity index (χ4v) is 1.28. The van der Waals surface area contributed by atoms with E-state index in [1.54, 1.807) is 0 Å². The molecule has 2 N–H and O–H groups in total. The van der Waals surface area contributed by atoms with Gasteiger partial charge in [-0.25, -0.2) is 0 Å². The molecule has 1 atom stereocenters. The number of ether oxygens (including phenoxy) is 1. The van der Waals surface area contributed by atoms with Crippen LogP contribution in [0.15, 0.2) is 24.3 Å². The highest BCUT2D eigenvalue weighted by atomic mass is 16.5. The Morgan fingerprint density at radius 1 is 1.57 bits per heavy atom. The van der Waals surface area contributed by atoms with Crippen LogP contribution in [0.4, 0.5) is 0 Å². The zero-order chi connectivity index (χ0) is 10.6. The molecule has 1 aromatic rings. The molecule has 0 aliphatic rings. The van der Waals surface area contributed by atoms with Crippen LogP contribution in [0.5, 0.6) is 0 Å². The van der Waals surface area contributed by atoms with Crippen molar-refractivity contribution in [2.45, 2.75) is 19.4 Å². The number of aryl methyl sites for hydroxylation is 1. The fraction of sp³-hybridized carbons (Fsp3) is 0.364. The van der Waals surface area contributed by atoms with Gasteiger partial charge in [0.2, 0.25) is 0 Å². The lowest BCUT2D eigenvalue weighted by atomic mass is 10.0. The van der Waals surface area contributed by atoms with Crippen LogP contribution in [0.25, 0.3) is 0 Å². The third-order valence-electron chi connectivity index (χ3n) is 2.08. The van der Waals surface area contributed by atoms with E-state index < -0.39 is 0 Å². The second-order valence-electron chi connectivity index (χ2n) is 3.30. The predicted molar refractivity (Wildman–Crippen MR) is 54.7 cm³/mol. The average Bonchev–Trinajstić information content (AvgIpc) is 2.17. The van der Waals surface area contributed by atoms with Crippen LogP contribution < -0.4 is 5.73 Å². The minimum atomic E-state index is -0.279. The third kappa shape index (κ3) is 2.85. The maximum absolute atomic E-state index is 11.0. The summed E-state index contributed by atoms with van der Waals surface area (Å²) < 4.78 is 4.55. The second-order valence-corrected chi connectivity index (χ2v) is 3.30. The number of rotatable bonds is 3. The van der Waals surface area contributed by atoms with Crippen molar-refractivity contribution < 1.29 is 9.53 Å². The molecule has 14 heavy (non-hydrogen) atoms. The number of hydrogen-bond acceptors (Lipinski definition) is 3. The molecule has 3 heteroatoms. The molecule has 0 amide bonds. The normalized spacial score (nSPS) is 12.2. The summed E-state index contributed by atoms with van der Waals surface area (Å²) in [4.78, 5) is 11.0. The maximum atomic E-state index is 11.0.